The van der Waals surface area contributed by atoms with Gasteiger partial charge in [-0.3, -0.25) is 9.97 Å². The van der Waals surface area contributed by atoms with E-state index in [1.807, 2.05) is 58.3 Å². The van der Waals surface area contributed by atoms with E-state index in [1.54, 1.807) is 18.5 Å². The average Bonchev–Trinajstić information content (AvgIpc) is 3.86. The quantitative estimate of drug-likeness (QED) is 0.201. The van der Waals surface area contributed by atoms with Crippen molar-refractivity contribution in [2.75, 3.05) is 20.3 Å². The van der Waals surface area contributed by atoms with Crippen molar-refractivity contribution < 1.29 is 44.4 Å². The van der Waals surface area contributed by atoms with Crippen molar-refractivity contribution in [1.29, 1.82) is 0 Å². The Labute approximate surface area is 313 Å². The fraction of sp³-hybridized carbons (Fsp3) is 0.343. The summed E-state index contributed by atoms with van der Waals surface area (Å²) in [6.45, 7) is 1.53. The molecule has 50 heavy (non-hydrogen) atoms. The predicted octanol–water partition coefficient (Wildman–Crippen LogP) is 1.60. The summed E-state index contributed by atoms with van der Waals surface area (Å²) in [7, 11) is 1.35. The molecule has 0 bridgehead atoms. The van der Waals surface area contributed by atoms with Gasteiger partial charge in [-0.25, -0.2) is 24.1 Å². The number of methoxy groups -OCH3 is 1. The van der Waals surface area contributed by atoms with Crippen LogP contribution in [0.3, 0.4) is 0 Å². The van der Waals surface area contributed by atoms with E-state index in [4.69, 9.17) is 14.2 Å². The molecule has 1 N–H and O–H groups in total. The number of aliphatic hydroxyl groups excluding tert-OH is 1. The number of fused-ring (bicyclic) bond motifs is 2. The Morgan fingerprint density at radius 1 is 0.800 bits per heavy atom. The molecule has 2 atom stereocenters. The van der Waals surface area contributed by atoms with Crippen LogP contribution in [0.2, 0.25) is 0 Å². The first-order valence-corrected chi connectivity index (χ1v) is 16.1. The summed E-state index contributed by atoms with van der Waals surface area (Å²) in [5.74, 6) is -0.427. The van der Waals surface area contributed by atoms with Crippen LogP contribution < -0.4 is 18.9 Å². The molecule has 15 heteroatoms. The molecule has 254 valence electrons. The van der Waals surface area contributed by atoms with Crippen molar-refractivity contribution >= 4 is 45.4 Å². The van der Waals surface area contributed by atoms with Gasteiger partial charge in [0, 0.05) is 49.1 Å². The van der Waals surface area contributed by atoms with E-state index in [0.717, 1.165) is 89.9 Å². The third-order valence-corrected chi connectivity index (χ3v) is 8.43. The number of carbonyl (C=O) groups is 1. The summed E-state index contributed by atoms with van der Waals surface area (Å²) in [6.07, 6.45) is 17.2. The molecule has 0 radical (unpaired) electrons. The fourth-order valence-electron chi connectivity index (χ4n) is 5.81. The van der Waals surface area contributed by atoms with E-state index in [9.17, 15) is 9.90 Å². The van der Waals surface area contributed by atoms with Crippen molar-refractivity contribution in [3.05, 3.63) is 84.7 Å². The molecule has 8 heterocycles. The molecule has 6 aromatic heterocycles. The van der Waals surface area contributed by atoms with Crippen molar-refractivity contribution in [2.24, 2.45) is 0 Å². The third-order valence-electron chi connectivity index (χ3n) is 8.43. The van der Waals surface area contributed by atoms with Gasteiger partial charge in [-0.15, -0.1) is 0 Å². The second-order valence-electron chi connectivity index (χ2n) is 11.7. The second-order valence-corrected chi connectivity index (χ2v) is 11.7. The SMILES string of the molecule is COC(=O)c1cnc2ccc(-c3cnn(C4CCCCO4)c3)nc2c1.OCc1cnc2ccc(-c3cnn(C4CCCCO4)c3)nc2c1.[AlH3].[H-].[Li+]. The molecule has 2 fully saturated rings. The minimum atomic E-state index is -0.427. The zero-order valence-corrected chi connectivity index (χ0v) is 27.6. The van der Waals surface area contributed by atoms with Gasteiger partial charge in [0.25, 0.3) is 0 Å². The summed E-state index contributed by atoms with van der Waals surface area (Å²) in [5, 5.41) is 18.1. The summed E-state index contributed by atoms with van der Waals surface area (Å²) < 4.78 is 20.0. The van der Waals surface area contributed by atoms with Crippen LogP contribution in [0.25, 0.3) is 44.6 Å². The Balaban J connectivity index is 0.000000217. The van der Waals surface area contributed by atoms with E-state index < -0.39 is 5.97 Å². The molecule has 0 saturated carbocycles. The maximum Gasteiger partial charge on any atom is 1.00 e. The standard InChI is InChI=1S/C18H18N4O3.C17H18N4O2.Al.Li.4H/c1-24-18(23)12-8-16-15(19-9-12)6-5-14(21-16)13-10-20-22(11-13)17-4-2-3-7-25-17;22-11-12-7-16-15(18-8-12)5-4-14(20-16)13-9-19-21(10-13)17-3-1-2-6-23-17;;;;;;/h5-6,8-11,17H,2-4,7H2,1H3;4-5,7-10,17,22H,1-3,6,11H2;;;;;;/q;;;+1;;;;-1. The van der Waals surface area contributed by atoms with E-state index in [2.05, 4.69) is 30.1 Å². The monoisotopic (exact) mass is 686 g/mol. The maximum absolute atomic E-state index is 11.7. The Kier molecular flexibility index (Phi) is 12.9. The Bertz CT molecular complexity index is 2050. The Hall–Kier alpha value is -3.98. The number of aliphatic hydroxyl groups is 1. The van der Waals surface area contributed by atoms with Crippen LogP contribution in [0, 0.1) is 0 Å². The molecule has 6 aromatic rings. The van der Waals surface area contributed by atoms with Crippen molar-refractivity contribution in [2.45, 2.75) is 57.6 Å². The maximum atomic E-state index is 11.7. The van der Waals surface area contributed by atoms with Crippen molar-refractivity contribution in [1.82, 2.24) is 39.5 Å². The zero-order valence-electron chi connectivity index (χ0n) is 28.6. The number of carbonyl (C=O) groups excluding carboxylic acids is 1. The molecular weight excluding hydrogens is 646 g/mol. The van der Waals surface area contributed by atoms with Gasteiger partial charge in [0.05, 0.1) is 65.1 Å². The van der Waals surface area contributed by atoms with Gasteiger partial charge in [-0.2, -0.15) is 10.2 Å². The molecular formula is C35H40AlLiN8O5. The molecule has 2 aliphatic rings. The topological polar surface area (TPSA) is 152 Å². The van der Waals surface area contributed by atoms with E-state index in [1.165, 1.54) is 19.7 Å². The van der Waals surface area contributed by atoms with Crippen LogP contribution in [-0.2, 0) is 20.8 Å². The van der Waals surface area contributed by atoms with E-state index >= 15 is 0 Å². The Morgan fingerprint density at radius 3 is 1.84 bits per heavy atom. The number of rotatable bonds is 6. The van der Waals surface area contributed by atoms with Gasteiger partial charge in [-0.1, -0.05) is 0 Å². The smallest absolute Gasteiger partial charge is 1.00 e. The van der Waals surface area contributed by atoms with Crippen LogP contribution >= 0.6 is 0 Å². The molecule has 2 saturated heterocycles. The van der Waals surface area contributed by atoms with Gasteiger partial charge < -0.3 is 20.7 Å². The number of hydrogen-bond donors (Lipinski definition) is 1. The van der Waals surface area contributed by atoms with Crippen LogP contribution in [0.1, 0.15) is 68.3 Å². The van der Waals surface area contributed by atoms with Crippen LogP contribution in [0.5, 0.6) is 0 Å². The third kappa shape index (κ3) is 8.48. The normalized spacial score (nSPS) is 17.2. The van der Waals surface area contributed by atoms with Gasteiger partial charge in [-0.05, 0) is 80.5 Å². The van der Waals surface area contributed by atoms with E-state index in [-0.39, 0.29) is 56.7 Å². The first-order chi connectivity index (χ1) is 23.6. The molecule has 0 spiro atoms. The van der Waals surface area contributed by atoms with Gasteiger partial charge in [0.15, 0.2) is 17.4 Å². The minimum Gasteiger partial charge on any atom is -1.00 e. The number of ether oxygens (including phenoxy) is 3. The van der Waals surface area contributed by atoms with Crippen molar-refractivity contribution in [3.8, 4) is 22.5 Å². The van der Waals surface area contributed by atoms with Crippen molar-refractivity contribution in [3.63, 3.8) is 0 Å². The minimum absolute atomic E-state index is 0. The molecule has 8 rings (SSSR count). The molecule has 2 aliphatic heterocycles. The summed E-state index contributed by atoms with van der Waals surface area (Å²) >= 11 is 0. The summed E-state index contributed by atoms with van der Waals surface area (Å²) in [4.78, 5) is 29.5. The van der Waals surface area contributed by atoms with Gasteiger partial charge >= 0.3 is 24.8 Å². The summed E-state index contributed by atoms with van der Waals surface area (Å²) in [5.41, 5.74) is 7.57. The first-order valence-electron chi connectivity index (χ1n) is 16.1. The average molecular weight is 687 g/mol. The molecule has 13 nitrogen and oxygen atoms in total. The predicted molar refractivity (Wildman–Crippen MR) is 188 cm³/mol. The van der Waals surface area contributed by atoms with Gasteiger partial charge in [0.2, 0.25) is 0 Å². The summed E-state index contributed by atoms with van der Waals surface area (Å²) in [6, 6.07) is 11.2. The number of pyridine rings is 4. The molecule has 0 amide bonds. The Morgan fingerprint density at radius 2 is 1.34 bits per heavy atom. The van der Waals surface area contributed by atoms with Gasteiger partial charge in [0.1, 0.15) is 12.5 Å². The van der Waals surface area contributed by atoms with Crippen LogP contribution in [0.4, 0.5) is 0 Å². The zero-order chi connectivity index (χ0) is 32.9. The number of hydrogen-bond acceptors (Lipinski definition) is 11. The van der Waals surface area contributed by atoms with Crippen LogP contribution in [-0.4, -0.2) is 88.3 Å². The number of nitrogens with zero attached hydrogens (tertiary/aromatic N) is 8. The number of esters is 1. The van der Waals surface area contributed by atoms with Crippen LogP contribution in [0.15, 0.2) is 73.6 Å². The van der Waals surface area contributed by atoms with E-state index in [0.29, 0.717) is 11.1 Å². The fourth-order valence-corrected chi connectivity index (χ4v) is 5.81. The number of aromatic nitrogens is 8. The molecule has 0 aromatic carbocycles. The molecule has 0 aliphatic carbocycles. The largest absolute Gasteiger partial charge is 1.00 e. The second kappa shape index (κ2) is 17.3. The molecule has 2 unspecified atom stereocenters. The first kappa shape index (κ1) is 37.3.